The van der Waals surface area contributed by atoms with Gasteiger partial charge < -0.3 is 20.8 Å². The first kappa shape index (κ1) is 30.1. The van der Waals surface area contributed by atoms with Crippen molar-refractivity contribution >= 4 is 68.1 Å². The highest BCUT2D eigenvalue weighted by Crippen LogP contribution is 2.28. The number of anilines is 2. The summed E-state index contributed by atoms with van der Waals surface area (Å²) in [5.41, 5.74) is -0.261. The van der Waals surface area contributed by atoms with Crippen molar-refractivity contribution in [2.45, 2.75) is 9.79 Å². The molecule has 6 N–H and O–H groups in total. The lowest BCUT2D eigenvalue weighted by Gasteiger charge is -2.11. The van der Waals surface area contributed by atoms with E-state index in [4.69, 9.17) is 10.4 Å². The van der Waals surface area contributed by atoms with Crippen molar-refractivity contribution in [3.05, 3.63) is 95.1 Å². The number of carbonyl (C=O) groups is 4. The molecule has 4 rings (SSSR count). The van der Waals surface area contributed by atoms with Crippen molar-refractivity contribution in [1.29, 1.82) is 0 Å². The second-order valence-electron chi connectivity index (χ2n) is 8.42. The first-order valence-electron chi connectivity index (χ1n) is 11.4. The molecule has 0 aliphatic rings. The molecule has 0 aliphatic heterocycles. The van der Waals surface area contributed by atoms with Crippen molar-refractivity contribution in [3.8, 4) is 0 Å². The number of carboxylic acid groups (broad SMARTS) is 2. The zero-order valence-corrected chi connectivity index (χ0v) is 22.4. The highest BCUT2D eigenvalue weighted by Gasteiger charge is 2.21. The van der Waals surface area contributed by atoms with Crippen LogP contribution in [0.2, 0.25) is 0 Å². The largest absolute Gasteiger partial charge is 0.478 e. The monoisotopic (exact) mass is 614 g/mol. The Bertz CT molecular complexity index is 1860. The zero-order valence-electron chi connectivity index (χ0n) is 20.8. The summed E-state index contributed by atoms with van der Waals surface area (Å²) in [4.78, 5) is 47.5. The second-order valence-corrected chi connectivity index (χ2v) is 10.6. The molecule has 16 heteroatoms. The number of hydrogen-bond donors (Lipinski definition) is 6. The summed E-state index contributed by atoms with van der Waals surface area (Å²) in [5, 5.41) is 36.5. The Morgan fingerprint density at radius 3 is 1.67 bits per heavy atom. The summed E-state index contributed by atoms with van der Waals surface area (Å²) < 4.78 is 36.8. The van der Waals surface area contributed by atoms with Crippen LogP contribution in [-0.2, 0) is 19.5 Å². The first-order valence-corrected chi connectivity index (χ1v) is 13.6. The van der Waals surface area contributed by atoms with Gasteiger partial charge in [-0.15, -0.1) is 4.33 Å². The molecule has 4 aromatic carbocycles. The van der Waals surface area contributed by atoms with E-state index in [1.807, 2.05) is 0 Å². The lowest BCUT2D eigenvalue weighted by molar-refractivity contribution is -0.432. The maximum absolute atomic E-state index is 12.9. The molecule has 0 spiro atoms. The number of fused-ring (bicyclic) bond motifs is 1. The fourth-order valence-corrected chi connectivity index (χ4v) is 5.06. The summed E-state index contributed by atoms with van der Waals surface area (Å²) in [6.45, 7) is 0. The Morgan fingerprint density at radius 2 is 1.19 bits per heavy atom. The van der Waals surface area contributed by atoms with Gasteiger partial charge in [-0.05, 0) is 71.4 Å². The highest BCUT2D eigenvalue weighted by atomic mass is 32.2. The van der Waals surface area contributed by atoms with Gasteiger partial charge in [-0.2, -0.15) is 8.42 Å². The summed E-state index contributed by atoms with van der Waals surface area (Å²) in [6.07, 6.45) is 0. The predicted molar refractivity (Wildman–Crippen MR) is 147 cm³/mol. The van der Waals surface area contributed by atoms with Gasteiger partial charge in [0.1, 0.15) is 4.90 Å². The number of carboxylic acids is 2. The number of amides is 2. The van der Waals surface area contributed by atoms with E-state index in [-0.39, 0.29) is 33.0 Å². The summed E-state index contributed by atoms with van der Waals surface area (Å²) in [5.74, 6) is -4.03. The van der Waals surface area contributed by atoms with Crippen LogP contribution in [0.3, 0.4) is 0 Å². The van der Waals surface area contributed by atoms with E-state index in [2.05, 4.69) is 20.0 Å². The van der Waals surface area contributed by atoms with Crippen molar-refractivity contribution in [2.75, 3.05) is 10.6 Å². The number of rotatable bonds is 10. The van der Waals surface area contributed by atoms with Gasteiger partial charge in [0.25, 0.3) is 21.9 Å². The maximum Gasteiger partial charge on any atom is 0.337 e. The number of nitrogens with one attached hydrogen (secondary N) is 2. The fourth-order valence-electron chi connectivity index (χ4n) is 3.82. The fraction of sp³-hybridized carbons (Fsp3) is 0. The van der Waals surface area contributed by atoms with E-state index in [1.165, 1.54) is 42.5 Å². The maximum atomic E-state index is 12.9. The molecule has 0 aliphatic carbocycles. The Kier molecular flexibility index (Phi) is 8.86. The second kappa shape index (κ2) is 12.4. The number of benzene rings is 4. The third-order valence-electron chi connectivity index (χ3n) is 5.74. The minimum Gasteiger partial charge on any atom is -0.478 e. The molecule has 0 unspecified atom stereocenters. The van der Waals surface area contributed by atoms with Crippen LogP contribution in [0.15, 0.2) is 82.6 Å². The van der Waals surface area contributed by atoms with E-state index < -0.39 is 44.3 Å². The molecular weight excluding hydrogens is 596 g/mol. The predicted octanol–water partition coefficient (Wildman–Crippen LogP) is 4.42. The Labute approximate surface area is 240 Å². The van der Waals surface area contributed by atoms with Crippen LogP contribution in [0, 0.1) is 0 Å². The minimum absolute atomic E-state index is 0.0469. The lowest BCUT2D eigenvalue weighted by Crippen LogP contribution is -2.14. The van der Waals surface area contributed by atoms with Gasteiger partial charge in [0.2, 0.25) is 0 Å². The van der Waals surface area contributed by atoms with E-state index in [9.17, 15) is 37.3 Å². The average molecular weight is 615 g/mol. The van der Waals surface area contributed by atoms with E-state index >= 15 is 0 Å². The van der Waals surface area contributed by atoms with Crippen molar-refractivity contribution in [1.82, 2.24) is 0 Å². The lowest BCUT2D eigenvalue weighted by atomic mass is 10.0. The topological polar surface area (TPSA) is 226 Å². The van der Waals surface area contributed by atoms with Crippen LogP contribution < -0.4 is 10.6 Å². The number of aromatic carboxylic acids is 2. The number of hydrogen-bond acceptors (Lipinski definition) is 10. The van der Waals surface area contributed by atoms with Crippen molar-refractivity contribution < 1.29 is 57.0 Å². The van der Waals surface area contributed by atoms with Gasteiger partial charge in [-0.25, -0.2) is 14.8 Å². The van der Waals surface area contributed by atoms with E-state index in [1.54, 1.807) is 18.2 Å². The van der Waals surface area contributed by atoms with Gasteiger partial charge >= 0.3 is 11.9 Å². The quantitative estimate of drug-likeness (QED) is 0.0630. The Balaban J connectivity index is 1.52. The van der Waals surface area contributed by atoms with Crippen LogP contribution in [0.1, 0.15) is 41.4 Å². The third-order valence-corrected chi connectivity index (χ3v) is 7.28. The zero-order chi connectivity index (χ0) is 30.6. The summed E-state index contributed by atoms with van der Waals surface area (Å²) >= 11 is 0.423. The molecule has 0 radical (unpaired) electrons. The van der Waals surface area contributed by atoms with E-state index in [0.29, 0.717) is 22.8 Å². The van der Waals surface area contributed by atoms with Crippen LogP contribution in [-0.4, -0.2) is 52.2 Å². The molecule has 4 aromatic rings. The Morgan fingerprint density at radius 1 is 0.690 bits per heavy atom. The molecule has 2 amide bonds. The average Bonchev–Trinajstić information content (AvgIpc) is 2.94. The van der Waals surface area contributed by atoms with Gasteiger partial charge in [-0.1, -0.05) is 17.2 Å². The molecule has 216 valence electrons. The van der Waals surface area contributed by atoms with Crippen LogP contribution in [0.25, 0.3) is 10.8 Å². The van der Waals surface area contributed by atoms with Crippen molar-refractivity contribution in [2.24, 2.45) is 0 Å². The molecule has 0 fully saturated rings. The smallest absolute Gasteiger partial charge is 0.337 e. The van der Waals surface area contributed by atoms with Crippen LogP contribution in [0.4, 0.5) is 11.4 Å². The van der Waals surface area contributed by atoms with Gasteiger partial charge in [0.15, 0.2) is 0 Å². The number of carbonyl (C=O) groups excluding carboxylic acids is 2. The minimum atomic E-state index is -4.88. The molecule has 0 saturated heterocycles. The Hall–Kier alpha value is -4.84. The molecular formula is C26H18N2O12S2. The molecule has 0 heterocycles. The molecule has 0 aromatic heterocycles. The van der Waals surface area contributed by atoms with Crippen molar-refractivity contribution in [3.63, 3.8) is 0 Å². The molecule has 14 nitrogen and oxygen atoms in total. The molecule has 0 saturated carbocycles. The highest BCUT2D eigenvalue weighted by molar-refractivity contribution is 7.94. The van der Waals surface area contributed by atoms with Gasteiger partial charge in [0, 0.05) is 22.5 Å². The van der Waals surface area contributed by atoms with E-state index in [0.717, 1.165) is 12.1 Å². The van der Waals surface area contributed by atoms with Gasteiger partial charge in [0.05, 0.1) is 28.1 Å². The molecule has 42 heavy (non-hydrogen) atoms. The first-order chi connectivity index (χ1) is 19.9. The molecule has 0 bridgehead atoms. The van der Waals surface area contributed by atoms with Crippen LogP contribution in [0.5, 0.6) is 0 Å². The standard InChI is InChI=1S/C26H18N2O12S2/c29-23(27-17-5-7-19(25(31)32)21(11-17)41-40-39-35)15-3-1-14-10-16(4-2-13(14)9-15)24(30)28-18-6-8-20(26(33)34)22(12-18)42(36,37)38/h1-12,35H,(H,27,29)(H,28,30)(H,31,32)(H,33,34)(H,36,37,38). The van der Waals surface area contributed by atoms with Gasteiger partial charge in [-0.3, -0.25) is 14.1 Å². The third kappa shape index (κ3) is 6.89. The summed E-state index contributed by atoms with van der Waals surface area (Å²) in [7, 11) is -4.88. The molecule has 0 atom stereocenters. The van der Waals surface area contributed by atoms with Crippen LogP contribution >= 0.6 is 12.0 Å². The normalized spacial score (nSPS) is 11.2. The SMILES string of the molecule is O=C(Nc1ccc(C(=O)O)c(SOOO)c1)c1ccc2cc(C(=O)Nc3ccc(C(=O)O)c(S(=O)(=O)O)c3)ccc2c1. The summed E-state index contributed by atoms with van der Waals surface area (Å²) in [6, 6.07) is 16.0.